The van der Waals surface area contributed by atoms with Gasteiger partial charge in [-0.3, -0.25) is 0 Å². The maximum Gasteiger partial charge on any atom is 0.123 e. The maximum atomic E-state index is 6.24. The molecule has 0 fully saturated rings. The van der Waals surface area contributed by atoms with Crippen LogP contribution < -0.4 is 10.5 Å². The third-order valence-electron chi connectivity index (χ3n) is 3.01. The van der Waals surface area contributed by atoms with Gasteiger partial charge in [0, 0.05) is 16.5 Å². The van der Waals surface area contributed by atoms with E-state index in [4.69, 9.17) is 22.1 Å². The van der Waals surface area contributed by atoms with Crippen LogP contribution in [-0.4, -0.2) is 13.2 Å². The minimum absolute atomic E-state index is 0.0208. The molecule has 0 saturated heterocycles. The van der Waals surface area contributed by atoms with Gasteiger partial charge in [-0.25, -0.2) is 0 Å². The van der Waals surface area contributed by atoms with Crippen LogP contribution in [0.25, 0.3) is 0 Å². The summed E-state index contributed by atoms with van der Waals surface area (Å²) in [5, 5.41) is 0.837. The number of hydrogen-bond donors (Lipinski definition) is 1. The van der Waals surface area contributed by atoms with E-state index in [0.717, 1.165) is 21.2 Å². The van der Waals surface area contributed by atoms with Crippen molar-refractivity contribution < 1.29 is 4.74 Å². The van der Waals surface area contributed by atoms with Crippen molar-refractivity contribution in [3.8, 4) is 5.75 Å². The summed E-state index contributed by atoms with van der Waals surface area (Å²) in [6.07, 6.45) is 0. The molecule has 0 aliphatic rings. The molecule has 106 valence electrons. The molecule has 2 rings (SSSR count). The Balaban J connectivity index is 2.35. The number of nitrogens with two attached hydrogens (primary N) is 1. The van der Waals surface area contributed by atoms with E-state index in [1.165, 1.54) is 0 Å². The molecular weight excluding hydrogens is 290 g/mol. The summed E-state index contributed by atoms with van der Waals surface area (Å²) in [6.45, 7) is 2.00. The predicted octanol–water partition coefficient (Wildman–Crippen LogP) is 4.53. The Bertz CT molecular complexity index is 574. The first-order valence-corrected chi connectivity index (χ1v) is 7.69. The van der Waals surface area contributed by atoms with Gasteiger partial charge in [0.15, 0.2) is 0 Å². The third kappa shape index (κ3) is 3.48. The highest BCUT2D eigenvalue weighted by atomic mass is 35.5. The molecule has 2 aromatic rings. The fraction of sp³-hybridized carbons (Fsp3) is 0.250. The monoisotopic (exact) mass is 307 g/mol. The second kappa shape index (κ2) is 7.02. The molecule has 0 aliphatic carbocycles. The summed E-state index contributed by atoms with van der Waals surface area (Å²) < 4.78 is 5.44. The molecule has 2 nitrogen and oxygen atoms in total. The van der Waals surface area contributed by atoms with Crippen LogP contribution >= 0.6 is 23.4 Å². The van der Waals surface area contributed by atoms with E-state index in [2.05, 4.69) is 6.07 Å². The highest BCUT2D eigenvalue weighted by Crippen LogP contribution is 2.43. The molecule has 0 bridgehead atoms. The Morgan fingerprint density at radius 3 is 2.40 bits per heavy atom. The zero-order chi connectivity index (χ0) is 14.5. The lowest BCUT2D eigenvalue weighted by Gasteiger charge is -2.23. The topological polar surface area (TPSA) is 35.2 Å². The number of halogens is 1. The van der Waals surface area contributed by atoms with Gasteiger partial charge in [0.25, 0.3) is 0 Å². The van der Waals surface area contributed by atoms with Crippen molar-refractivity contribution in [2.24, 2.45) is 5.73 Å². The Morgan fingerprint density at radius 1 is 1.10 bits per heavy atom. The Hall–Kier alpha value is -1.16. The van der Waals surface area contributed by atoms with Gasteiger partial charge in [0.05, 0.1) is 17.4 Å². The first-order valence-electron chi connectivity index (χ1n) is 6.43. The van der Waals surface area contributed by atoms with Crippen LogP contribution in [0.5, 0.6) is 5.75 Å². The van der Waals surface area contributed by atoms with E-state index in [1.807, 2.05) is 49.4 Å². The van der Waals surface area contributed by atoms with Crippen molar-refractivity contribution in [1.82, 2.24) is 0 Å². The van der Waals surface area contributed by atoms with Crippen molar-refractivity contribution in [1.29, 1.82) is 0 Å². The van der Waals surface area contributed by atoms with E-state index in [0.29, 0.717) is 0 Å². The highest BCUT2D eigenvalue weighted by Gasteiger charge is 2.22. The normalized spacial score (nSPS) is 13.8. The molecule has 0 heterocycles. The molecule has 2 N–H and O–H groups in total. The van der Waals surface area contributed by atoms with Crippen LogP contribution in [-0.2, 0) is 0 Å². The van der Waals surface area contributed by atoms with Gasteiger partial charge in [-0.2, -0.15) is 0 Å². The first kappa shape index (κ1) is 15.2. The van der Waals surface area contributed by atoms with Gasteiger partial charge in [0.2, 0.25) is 0 Å². The van der Waals surface area contributed by atoms with E-state index < -0.39 is 0 Å². The molecule has 0 saturated carbocycles. The minimum atomic E-state index is -0.0208. The lowest BCUT2D eigenvalue weighted by molar-refractivity contribution is 0.408. The Morgan fingerprint density at radius 2 is 1.75 bits per heavy atom. The predicted molar refractivity (Wildman–Crippen MR) is 86.7 cm³/mol. The van der Waals surface area contributed by atoms with Crippen molar-refractivity contribution in [3.63, 3.8) is 0 Å². The van der Waals surface area contributed by atoms with Crippen LogP contribution in [0.15, 0.2) is 53.4 Å². The quantitative estimate of drug-likeness (QED) is 0.824. The summed E-state index contributed by atoms with van der Waals surface area (Å²) in [7, 11) is 1.68. The van der Waals surface area contributed by atoms with Crippen molar-refractivity contribution in [2.75, 3.05) is 7.11 Å². The van der Waals surface area contributed by atoms with Crippen LogP contribution in [0.1, 0.15) is 17.7 Å². The zero-order valence-corrected chi connectivity index (χ0v) is 13.1. The van der Waals surface area contributed by atoms with E-state index >= 15 is 0 Å². The lowest BCUT2D eigenvalue weighted by Crippen LogP contribution is -2.23. The van der Waals surface area contributed by atoms with Gasteiger partial charge in [-0.1, -0.05) is 41.9 Å². The summed E-state index contributed by atoms with van der Waals surface area (Å²) in [5.41, 5.74) is 7.26. The average molecular weight is 308 g/mol. The number of hydrogen-bond acceptors (Lipinski definition) is 3. The largest absolute Gasteiger partial charge is 0.496 e. The molecule has 2 aromatic carbocycles. The van der Waals surface area contributed by atoms with E-state index in [9.17, 15) is 0 Å². The molecule has 2 atom stereocenters. The van der Waals surface area contributed by atoms with Crippen LogP contribution in [0, 0.1) is 0 Å². The molecule has 0 aliphatic heterocycles. The number of methoxy groups -OCH3 is 1. The molecule has 0 amide bonds. The second-order valence-corrected chi connectivity index (χ2v) is 6.16. The minimum Gasteiger partial charge on any atom is -0.496 e. The van der Waals surface area contributed by atoms with E-state index in [-0.39, 0.29) is 11.3 Å². The highest BCUT2D eigenvalue weighted by molar-refractivity contribution is 7.99. The number of para-hydroxylation sites is 1. The summed E-state index contributed by atoms with van der Waals surface area (Å²) in [4.78, 5) is 1.03. The van der Waals surface area contributed by atoms with Gasteiger partial charge < -0.3 is 10.5 Å². The second-order valence-electron chi connectivity index (χ2n) is 4.57. The van der Waals surface area contributed by atoms with Gasteiger partial charge >= 0.3 is 0 Å². The molecular formula is C16H18ClNOS. The maximum absolute atomic E-state index is 6.24. The number of ether oxygens (including phenoxy) is 1. The van der Waals surface area contributed by atoms with Crippen LogP contribution in [0.2, 0.25) is 5.02 Å². The lowest BCUT2D eigenvalue weighted by atomic mass is 10.1. The molecule has 0 radical (unpaired) electrons. The third-order valence-corrected chi connectivity index (χ3v) is 5.00. The smallest absolute Gasteiger partial charge is 0.123 e. The van der Waals surface area contributed by atoms with Gasteiger partial charge in [-0.05, 0) is 25.1 Å². The first-order chi connectivity index (χ1) is 9.63. The van der Waals surface area contributed by atoms with Crippen molar-refractivity contribution in [3.05, 3.63) is 59.1 Å². The van der Waals surface area contributed by atoms with E-state index in [1.54, 1.807) is 18.9 Å². The zero-order valence-electron chi connectivity index (χ0n) is 11.5. The molecule has 4 heteroatoms. The Labute approximate surface area is 129 Å². The average Bonchev–Trinajstić information content (AvgIpc) is 2.46. The summed E-state index contributed by atoms with van der Waals surface area (Å²) >= 11 is 7.91. The van der Waals surface area contributed by atoms with Gasteiger partial charge in [0.1, 0.15) is 5.75 Å². The molecule has 0 aromatic heterocycles. The SMILES string of the molecule is COc1ccccc1C(Sc1ccccc1Cl)C(C)N. The molecule has 0 spiro atoms. The van der Waals surface area contributed by atoms with Crippen LogP contribution in [0.3, 0.4) is 0 Å². The molecule has 2 unspecified atom stereocenters. The number of rotatable bonds is 5. The van der Waals surface area contributed by atoms with Crippen LogP contribution in [0.4, 0.5) is 0 Å². The summed E-state index contributed by atoms with van der Waals surface area (Å²) in [6, 6.07) is 15.8. The van der Waals surface area contributed by atoms with Gasteiger partial charge in [-0.15, -0.1) is 11.8 Å². The summed E-state index contributed by atoms with van der Waals surface area (Å²) in [5.74, 6) is 0.856. The van der Waals surface area contributed by atoms with Crippen molar-refractivity contribution in [2.45, 2.75) is 23.1 Å². The molecule has 20 heavy (non-hydrogen) atoms. The Kier molecular flexibility index (Phi) is 5.35. The fourth-order valence-electron chi connectivity index (χ4n) is 2.03. The fourth-order valence-corrected chi connectivity index (χ4v) is 3.45. The number of benzene rings is 2. The van der Waals surface area contributed by atoms with Crippen molar-refractivity contribution >= 4 is 23.4 Å². The standard InChI is InChI=1S/C16H18ClNOS/c1-11(18)16(12-7-3-5-9-14(12)19-2)20-15-10-6-4-8-13(15)17/h3-11,16H,18H2,1-2H3. The number of thioether (sulfide) groups is 1.